The first kappa shape index (κ1) is 17.4. The van der Waals surface area contributed by atoms with Gasteiger partial charge < -0.3 is 0 Å². The van der Waals surface area contributed by atoms with E-state index in [2.05, 4.69) is 20.2 Å². The number of hydrogen-bond acceptors (Lipinski definition) is 4. The van der Waals surface area contributed by atoms with Gasteiger partial charge in [-0.05, 0) is 24.5 Å². The molecule has 4 aromatic rings. The van der Waals surface area contributed by atoms with Crippen molar-refractivity contribution in [1.82, 2.24) is 29.4 Å². The molecule has 4 heterocycles. The molecule has 0 radical (unpaired) electrons. The third kappa shape index (κ3) is 2.88. The van der Waals surface area contributed by atoms with Crippen molar-refractivity contribution in [2.75, 3.05) is 0 Å². The van der Waals surface area contributed by atoms with Crippen LogP contribution in [0.25, 0.3) is 16.6 Å². The molecular formula is C17H11ClF4N6. The minimum Gasteiger partial charge on any atom is -0.260 e. The van der Waals surface area contributed by atoms with Crippen molar-refractivity contribution in [2.45, 2.75) is 31.0 Å². The zero-order valence-electron chi connectivity index (χ0n) is 14.0. The van der Waals surface area contributed by atoms with Gasteiger partial charge in [-0.15, -0.1) is 0 Å². The van der Waals surface area contributed by atoms with E-state index in [9.17, 15) is 17.6 Å². The smallest absolute Gasteiger partial charge is 0.260 e. The molecule has 4 aromatic heterocycles. The zero-order valence-corrected chi connectivity index (χ0v) is 14.8. The Labute approximate surface area is 159 Å². The van der Waals surface area contributed by atoms with Crippen molar-refractivity contribution < 1.29 is 17.6 Å². The van der Waals surface area contributed by atoms with Gasteiger partial charge in [-0.3, -0.25) is 9.67 Å². The Kier molecular flexibility index (Phi) is 3.64. The van der Waals surface area contributed by atoms with Gasteiger partial charge in [0.15, 0.2) is 10.8 Å². The predicted molar refractivity (Wildman–Crippen MR) is 91.6 cm³/mol. The highest BCUT2D eigenvalue weighted by molar-refractivity contribution is 6.29. The van der Waals surface area contributed by atoms with E-state index in [0.717, 1.165) is 21.0 Å². The highest BCUT2D eigenvalue weighted by Gasteiger charge is 2.43. The lowest BCUT2D eigenvalue weighted by atomic mass is 10.1. The van der Waals surface area contributed by atoms with Crippen molar-refractivity contribution >= 4 is 28.2 Å². The van der Waals surface area contributed by atoms with Crippen molar-refractivity contribution in [3.63, 3.8) is 0 Å². The molecule has 0 spiro atoms. The Balaban J connectivity index is 1.51. The molecule has 0 bridgehead atoms. The largest absolute Gasteiger partial charge is 0.408 e. The van der Waals surface area contributed by atoms with Crippen molar-refractivity contribution in [2.24, 2.45) is 0 Å². The van der Waals surface area contributed by atoms with Crippen LogP contribution in [0.1, 0.15) is 29.5 Å². The molecule has 0 saturated heterocycles. The minimum absolute atomic E-state index is 0.0197. The van der Waals surface area contributed by atoms with Crippen LogP contribution in [-0.2, 0) is 6.54 Å². The number of pyridine rings is 1. The van der Waals surface area contributed by atoms with E-state index < -0.39 is 18.7 Å². The molecule has 1 aliphatic carbocycles. The second-order valence-corrected chi connectivity index (χ2v) is 7.16. The van der Waals surface area contributed by atoms with E-state index in [1.54, 1.807) is 12.1 Å². The Morgan fingerprint density at radius 3 is 2.71 bits per heavy atom. The van der Waals surface area contributed by atoms with Gasteiger partial charge >= 0.3 is 6.18 Å². The Morgan fingerprint density at radius 2 is 1.93 bits per heavy atom. The zero-order chi connectivity index (χ0) is 19.6. The third-order valence-electron chi connectivity index (χ3n) is 4.87. The number of imidazole rings is 1. The molecule has 28 heavy (non-hydrogen) atoms. The van der Waals surface area contributed by atoms with Crippen LogP contribution in [0.15, 0.2) is 30.7 Å². The Bertz CT molecular complexity index is 1210. The maximum absolute atomic E-state index is 13.8. The van der Waals surface area contributed by atoms with Crippen molar-refractivity contribution in [3.05, 3.63) is 53.1 Å². The number of nitrogens with zero attached hydrogens (tertiary/aromatic N) is 6. The summed E-state index contributed by atoms with van der Waals surface area (Å²) in [7, 11) is 0. The predicted octanol–water partition coefficient (Wildman–Crippen LogP) is 4.10. The second-order valence-electron chi connectivity index (χ2n) is 6.77. The second kappa shape index (κ2) is 5.87. The lowest BCUT2D eigenvalue weighted by Gasteiger charge is -2.08. The summed E-state index contributed by atoms with van der Waals surface area (Å²) >= 11 is 6.00. The van der Waals surface area contributed by atoms with Gasteiger partial charge in [-0.25, -0.2) is 4.98 Å². The summed E-state index contributed by atoms with van der Waals surface area (Å²) in [6.45, 7) is -1.16. The molecule has 0 aliphatic heterocycles. The summed E-state index contributed by atoms with van der Waals surface area (Å²) in [4.78, 5) is 8.43. The van der Waals surface area contributed by atoms with Crippen LogP contribution in [0.3, 0.4) is 0 Å². The number of halogens is 5. The summed E-state index contributed by atoms with van der Waals surface area (Å²) < 4.78 is 54.0. The van der Waals surface area contributed by atoms with Crippen LogP contribution in [0, 0.1) is 5.95 Å². The first-order valence-corrected chi connectivity index (χ1v) is 8.76. The van der Waals surface area contributed by atoms with Crippen LogP contribution in [0.4, 0.5) is 17.6 Å². The standard InChI is InChI=1S/C17H11ClF4N6/c18-14-2-11(16-24-6-15(19)28(16)26-14)9-1-10(9)12-3-13-8(4-23-12)5-25-27(13)7-17(20,21)22/h2-6,9-10H,1,7H2/t9-,10-/m0/s1. The maximum Gasteiger partial charge on any atom is 0.408 e. The SMILES string of the molecule is Fc1cnc2c([C@H]3C[C@@H]3c3cc4c(cn3)cnn4CC(F)(F)F)cc(Cl)nn12. The number of hydrogen-bond donors (Lipinski definition) is 0. The van der Waals surface area contributed by atoms with Crippen LogP contribution >= 0.6 is 11.6 Å². The first-order chi connectivity index (χ1) is 13.3. The molecular weight excluding hydrogens is 400 g/mol. The highest BCUT2D eigenvalue weighted by Crippen LogP contribution is 2.55. The molecule has 0 amide bonds. The summed E-state index contributed by atoms with van der Waals surface area (Å²) in [6.07, 6.45) is 0.288. The average Bonchev–Trinajstić information content (AvgIpc) is 3.22. The van der Waals surface area contributed by atoms with Crippen LogP contribution in [0.5, 0.6) is 0 Å². The summed E-state index contributed by atoms with van der Waals surface area (Å²) in [5, 5.41) is 8.38. The molecule has 5 rings (SSSR count). The fourth-order valence-electron chi connectivity index (χ4n) is 3.56. The van der Waals surface area contributed by atoms with Crippen molar-refractivity contribution in [3.8, 4) is 0 Å². The fraction of sp³-hybridized carbons (Fsp3) is 0.294. The van der Waals surface area contributed by atoms with Gasteiger partial charge in [0.05, 0.1) is 17.9 Å². The Hall–Kier alpha value is -2.75. The summed E-state index contributed by atoms with van der Waals surface area (Å²) in [5.41, 5.74) is 2.13. The van der Waals surface area contributed by atoms with Gasteiger partial charge in [-0.2, -0.15) is 32.3 Å². The Morgan fingerprint density at radius 1 is 1.11 bits per heavy atom. The van der Waals surface area contributed by atoms with Crippen LogP contribution in [-0.4, -0.2) is 35.5 Å². The average molecular weight is 411 g/mol. The van der Waals surface area contributed by atoms with E-state index in [1.807, 2.05) is 0 Å². The van der Waals surface area contributed by atoms with E-state index in [1.165, 1.54) is 12.4 Å². The van der Waals surface area contributed by atoms with Crippen molar-refractivity contribution in [1.29, 1.82) is 0 Å². The lowest BCUT2D eigenvalue weighted by molar-refractivity contribution is -0.141. The molecule has 2 atom stereocenters. The van der Waals surface area contributed by atoms with Gasteiger partial charge in [0.25, 0.3) is 0 Å². The topological polar surface area (TPSA) is 60.9 Å². The van der Waals surface area contributed by atoms with Gasteiger partial charge in [0.2, 0.25) is 5.95 Å². The van der Waals surface area contributed by atoms with E-state index in [-0.39, 0.29) is 17.0 Å². The minimum atomic E-state index is -4.37. The van der Waals surface area contributed by atoms with E-state index >= 15 is 0 Å². The van der Waals surface area contributed by atoms with Gasteiger partial charge in [0, 0.05) is 28.8 Å². The number of fused-ring (bicyclic) bond motifs is 2. The van der Waals surface area contributed by atoms with E-state index in [4.69, 9.17) is 11.6 Å². The normalized spacial score (nSPS) is 19.6. The quantitative estimate of drug-likeness (QED) is 0.477. The first-order valence-electron chi connectivity index (χ1n) is 8.38. The molecule has 6 nitrogen and oxygen atoms in total. The lowest BCUT2D eigenvalue weighted by Crippen LogP contribution is -2.18. The van der Waals surface area contributed by atoms with Crippen LogP contribution in [0.2, 0.25) is 5.15 Å². The van der Waals surface area contributed by atoms with Gasteiger partial charge in [-0.1, -0.05) is 11.6 Å². The number of alkyl halides is 3. The molecule has 144 valence electrons. The molecule has 1 saturated carbocycles. The number of rotatable bonds is 3. The third-order valence-corrected chi connectivity index (χ3v) is 5.06. The van der Waals surface area contributed by atoms with E-state index in [0.29, 0.717) is 28.7 Å². The fourth-order valence-corrected chi connectivity index (χ4v) is 3.75. The molecule has 1 fully saturated rings. The van der Waals surface area contributed by atoms with Gasteiger partial charge in [0.1, 0.15) is 6.54 Å². The maximum atomic E-state index is 13.8. The molecule has 1 aliphatic rings. The van der Waals surface area contributed by atoms with Crippen LogP contribution < -0.4 is 0 Å². The number of aromatic nitrogens is 6. The highest BCUT2D eigenvalue weighted by atomic mass is 35.5. The summed E-state index contributed by atoms with van der Waals surface area (Å²) in [6, 6.07) is 3.27. The molecule has 0 N–H and O–H groups in total. The summed E-state index contributed by atoms with van der Waals surface area (Å²) in [5.74, 6) is -0.666. The molecule has 0 aromatic carbocycles. The molecule has 0 unspecified atom stereocenters. The molecule has 11 heteroatoms. The monoisotopic (exact) mass is 410 g/mol.